The third-order valence-corrected chi connectivity index (χ3v) is 6.25. The molecule has 21 heavy (non-hydrogen) atoms. The van der Waals surface area contributed by atoms with Crippen molar-refractivity contribution in [3.05, 3.63) is 12.3 Å². The summed E-state index contributed by atoms with van der Waals surface area (Å²) in [6.45, 7) is 2.35. The van der Waals surface area contributed by atoms with Crippen LogP contribution < -0.4 is 10.2 Å². The van der Waals surface area contributed by atoms with Crippen molar-refractivity contribution in [3.63, 3.8) is 0 Å². The van der Waals surface area contributed by atoms with E-state index in [9.17, 15) is 13.2 Å². The number of nitrogens with one attached hydrogen (secondary N) is 1. The molecule has 0 saturated carbocycles. The summed E-state index contributed by atoms with van der Waals surface area (Å²) in [5.41, 5.74) is 3.32. The quantitative estimate of drug-likeness (QED) is 0.623. The number of hydrogen-bond donors (Lipinski definition) is 1. The Morgan fingerprint density at radius 1 is 1.48 bits per heavy atom. The third kappa shape index (κ3) is 5.38. The van der Waals surface area contributed by atoms with Gasteiger partial charge in [-0.15, -0.1) is 0 Å². The van der Waals surface area contributed by atoms with Crippen LogP contribution in [0.1, 0.15) is 19.3 Å². The average Bonchev–Trinajstić information content (AvgIpc) is 2.92. The summed E-state index contributed by atoms with van der Waals surface area (Å²) in [5.74, 6) is 0.547. The molecule has 2 heterocycles. The molecule has 1 saturated heterocycles. The van der Waals surface area contributed by atoms with E-state index in [0.717, 1.165) is 23.5 Å². The van der Waals surface area contributed by atoms with Crippen molar-refractivity contribution in [1.82, 2.24) is 10.2 Å². The van der Waals surface area contributed by atoms with Gasteiger partial charge in [-0.25, -0.2) is 0 Å². The van der Waals surface area contributed by atoms with Gasteiger partial charge in [0.15, 0.2) is 0 Å². The van der Waals surface area contributed by atoms with Crippen molar-refractivity contribution < 1.29 is 13.2 Å². The standard InChI is InChI=1S/C13H20AsF3N4/c1-14-10-3-6-21(9-10)11-7-12(20-19-8-11)18-5-2-4-13(15,16)17/h7-8,10,14H,2-6,9H2,1H3,(H,18,20)/t10-/m1/s1. The molecule has 0 amide bonds. The van der Waals surface area contributed by atoms with Crippen LogP contribution in [0.5, 0.6) is 0 Å². The molecule has 2 atom stereocenters. The van der Waals surface area contributed by atoms with Crippen LogP contribution in [0.2, 0.25) is 10.4 Å². The minimum atomic E-state index is -4.09. The van der Waals surface area contributed by atoms with Crippen LogP contribution in [-0.2, 0) is 0 Å². The summed E-state index contributed by atoms with van der Waals surface area (Å²) in [6, 6.07) is 1.87. The number of aromatic nitrogens is 2. The Hall–Kier alpha value is -0.972. The summed E-state index contributed by atoms with van der Waals surface area (Å²) in [6.07, 6.45) is -1.88. The van der Waals surface area contributed by atoms with Crippen molar-refractivity contribution >= 4 is 27.3 Å². The van der Waals surface area contributed by atoms with Gasteiger partial charge in [0.05, 0.1) is 0 Å². The van der Waals surface area contributed by atoms with Gasteiger partial charge < -0.3 is 0 Å². The molecule has 0 aromatic carbocycles. The Bertz CT molecular complexity index is 455. The van der Waals surface area contributed by atoms with E-state index in [-0.39, 0.29) is 28.7 Å². The number of nitrogens with zero attached hydrogens (tertiary/aromatic N) is 3. The van der Waals surface area contributed by atoms with Crippen molar-refractivity contribution in [1.29, 1.82) is 0 Å². The zero-order valence-corrected chi connectivity index (χ0v) is 14.0. The van der Waals surface area contributed by atoms with Gasteiger partial charge in [-0.3, -0.25) is 0 Å². The Kier molecular flexibility index (Phi) is 5.73. The first-order valence-corrected chi connectivity index (χ1v) is 10.3. The van der Waals surface area contributed by atoms with Gasteiger partial charge in [0, 0.05) is 0 Å². The molecule has 1 aliphatic heterocycles. The molecule has 1 aromatic rings. The van der Waals surface area contributed by atoms with Crippen molar-refractivity contribution in [2.24, 2.45) is 0 Å². The van der Waals surface area contributed by atoms with Crippen LogP contribution >= 0.6 is 0 Å². The van der Waals surface area contributed by atoms with E-state index in [1.54, 1.807) is 6.20 Å². The van der Waals surface area contributed by atoms with Gasteiger partial charge in [0.25, 0.3) is 0 Å². The molecule has 2 rings (SSSR count). The molecule has 0 aliphatic carbocycles. The first-order chi connectivity index (χ1) is 9.98. The average molecular weight is 364 g/mol. The Morgan fingerprint density at radius 3 is 2.95 bits per heavy atom. The van der Waals surface area contributed by atoms with Gasteiger partial charge in [-0.2, -0.15) is 0 Å². The molecule has 1 unspecified atom stereocenters. The third-order valence-electron chi connectivity index (χ3n) is 3.54. The van der Waals surface area contributed by atoms with Gasteiger partial charge >= 0.3 is 129 Å². The van der Waals surface area contributed by atoms with Crippen LogP contribution in [0.3, 0.4) is 0 Å². The van der Waals surface area contributed by atoms with Crippen molar-refractivity contribution in [2.45, 2.75) is 35.9 Å². The summed E-state index contributed by atoms with van der Waals surface area (Å²) in [7, 11) is 0. The SMILES string of the molecule is C[AsH][C@@H]1CCN(c2cnnc(NCCCC(F)(F)F)c2)C1. The first kappa shape index (κ1) is 16.4. The fourth-order valence-corrected chi connectivity index (χ4v) is 4.07. The molecule has 1 fully saturated rings. The van der Waals surface area contributed by atoms with Gasteiger partial charge in [0.2, 0.25) is 0 Å². The molecular formula is C13H20AsF3N4. The van der Waals surface area contributed by atoms with Gasteiger partial charge in [0.1, 0.15) is 0 Å². The molecular weight excluding hydrogens is 344 g/mol. The summed E-state index contributed by atoms with van der Waals surface area (Å²) in [5, 5.41) is 10.8. The van der Waals surface area contributed by atoms with Gasteiger partial charge in [-0.05, 0) is 0 Å². The number of alkyl halides is 3. The zero-order chi connectivity index (χ0) is 15.3. The topological polar surface area (TPSA) is 41.1 Å². The normalized spacial score (nSPS) is 19.6. The maximum absolute atomic E-state index is 12.1. The van der Waals surface area contributed by atoms with Gasteiger partial charge in [-0.1, -0.05) is 0 Å². The van der Waals surface area contributed by atoms with E-state index < -0.39 is 12.6 Å². The van der Waals surface area contributed by atoms with Crippen LogP contribution in [0, 0.1) is 0 Å². The number of rotatable bonds is 6. The predicted octanol–water partition coefficient (Wildman–Crippen LogP) is 2.71. The summed E-state index contributed by atoms with van der Waals surface area (Å²) >= 11 is 0.129. The number of hydrogen-bond acceptors (Lipinski definition) is 4. The second-order valence-electron chi connectivity index (χ2n) is 5.16. The van der Waals surface area contributed by atoms with E-state index in [1.165, 1.54) is 6.42 Å². The fraction of sp³-hybridized carbons (Fsp3) is 0.692. The van der Waals surface area contributed by atoms with E-state index in [0.29, 0.717) is 5.82 Å². The fourth-order valence-electron chi connectivity index (χ4n) is 2.35. The molecule has 1 aliphatic rings. The second-order valence-corrected chi connectivity index (χ2v) is 8.09. The van der Waals surface area contributed by atoms with Crippen LogP contribution in [-0.4, -0.2) is 51.8 Å². The number of halogens is 3. The minimum absolute atomic E-state index is 0.0437. The van der Waals surface area contributed by atoms with E-state index in [4.69, 9.17) is 0 Å². The van der Waals surface area contributed by atoms with Crippen molar-refractivity contribution in [2.75, 3.05) is 29.9 Å². The Morgan fingerprint density at radius 2 is 2.29 bits per heavy atom. The van der Waals surface area contributed by atoms with E-state index in [1.807, 2.05) is 6.07 Å². The molecule has 8 heteroatoms. The van der Waals surface area contributed by atoms with E-state index in [2.05, 4.69) is 26.1 Å². The molecule has 118 valence electrons. The molecule has 4 nitrogen and oxygen atoms in total. The van der Waals surface area contributed by atoms with Crippen LogP contribution in [0.4, 0.5) is 24.7 Å². The summed E-state index contributed by atoms with van der Waals surface area (Å²) in [4.78, 5) is 2.28. The molecule has 0 spiro atoms. The predicted molar refractivity (Wildman–Crippen MR) is 79.4 cm³/mol. The molecule has 0 radical (unpaired) electrons. The van der Waals surface area contributed by atoms with Crippen LogP contribution in [0.25, 0.3) is 0 Å². The molecule has 1 aromatic heterocycles. The second kappa shape index (κ2) is 7.34. The van der Waals surface area contributed by atoms with Crippen LogP contribution in [0.15, 0.2) is 12.3 Å². The van der Waals surface area contributed by atoms with Crippen molar-refractivity contribution in [3.8, 4) is 0 Å². The maximum atomic E-state index is 12.1. The van der Waals surface area contributed by atoms with E-state index >= 15 is 0 Å². The molecule has 0 bridgehead atoms. The first-order valence-electron chi connectivity index (χ1n) is 7.03. The number of anilines is 2. The molecule has 1 N–H and O–H groups in total. The zero-order valence-electron chi connectivity index (χ0n) is 12.0. The Balaban J connectivity index is 1.84. The summed E-state index contributed by atoms with van der Waals surface area (Å²) < 4.78 is 37.0. The Labute approximate surface area is 129 Å². The monoisotopic (exact) mass is 364 g/mol.